The third-order valence-electron chi connectivity index (χ3n) is 3.07. The lowest BCUT2D eigenvalue weighted by atomic mass is 10.1. The average Bonchev–Trinajstić information content (AvgIpc) is 2.46. The topological polar surface area (TPSA) is 153 Å². The Labute approximate surface area is 134 Å². The molecule has 0 fully saturated rings. The fraction of sp³-hybridized carbons (Fsp3) is 0.429. The lowest BCUT2D eigenvalue weighted by Gasteiger charge is -2.13. The molecule has 1 unspecified atom stereocenters. The van der Waals surface area contributed by atoms with Gasteiger partial charge >= 0.3 is 19.5 Å². The minimum Gasteiger partial charge on any atom is -0.391 e. The van der Waals surface area contributed by atoms with Gasteiger partial charge in [-0.1, -0.05) is 30.3 Å². The van der Waals surface area contributed by atoms with Gasteiger partial charge in [-0.3, -0.25) is 4.57 Å². The zero-order chi connectivity index (χ0) is 17.5. The van der Waals surface area contributed by atoms with Crippen LogP contribution in [0.3, 0.4) is 0 Å². The van der Waals surface area contributed by atoms with Gasteiger partial charge in [-0.05, 0) is 24.8 Å². The summed E-state index contributed by atoms with van der Waals surface area (Å²) in [7, 11) is -4.13. The molecule has 8 nitrogen and oxygen atoms in total. The molecule has 9 heteroatoms. The third kappa shape index (κ3) is 8.01. The maximum atomic E-state index is 11.7. The first-order valence-corrected chi connectivity index (χ1v) is 8.84. The molecule has 6 N–H and O–H groups in total. The van der Waals surface area contributed by atoms with E-state index < -0.39 is 31.6 Å². The number of carbonyl (C=O) groups is 2. The van der Waals surface area contributed by atoms with Crippen LogP contribution >= 0.6 is 7.60 Å². The lowest BCUT2D eigenvalue weighted by molar-refractivity contribution is -0.161. The van der Waals surface area contributed by atoms with Gasteiger partial charge in [0.15, 0.2) is 0 Å². The Hall–Kier alpha value is -1.57. The minimum absolute atomic E-state index is 0.00511. The molecule has 0 amide bonds. The Balaban J connectivity index is 2.40. The summed E-state index contributed by atoms with van der Waals surface area (Å²) >= 11 is 0. The summed E-state index contributed by atoms with van der Waals surface area (Å²) in [5.74, 6) is -1.84. The van der Waals surface area contributed by atoms with Gasteiger partial charge in [0, 0.05) is 6.16 Å². The molecule has 0 aliphatic carbocycles. The lowest BCUT2D eigenvalue weighted by Crippen LogP contribution is -2.40. The molecule has 1 aromatic rings. The van der Waals surface area contributed by atoms with Gasteiger partial charge in [0.05, 0.1) is 0 Å². The number of ether oxygens (including phenoxy) is 1. The molecule has 0 bridgehead atoms. The Morgan fingerprint density at radius 1 is 1.09 bits per heavy atom. The monoisotopic (exact) mass is 344 g/mol. The molecular formula is C14H21N2O6P. The predicted octanol–water partition coefficient (Wildman–Crippen LogP) is -0.0886. The van der Waals surface area contributed by atoms with E-state index in [-0.39, 0.29) is 25.4 Å². The Morgan fingerprint density at radius 3 is 2.22 bits per heavy atom. The molecule has 0 heterocycles. The highest BCUT2D eigenvalue weighted by Gasteiger charge is 2.24. The van der Waals surface area contributed by atoms with Gasteiger partial charge in [-0.25, -0.2) is 9.59 Å². The van der Waals surface area contributed by atoms with Crippen molar-refractivity contribution in [1.82, 2.24) is 0 Å². The van der Waals surface area contributed by atoms with Crippen LogP contribution in [0.1, 0.15) is 18.4 Å². The highest BCUT2D eigenvalue weighted by Crippen LogP contribution is 2.35. The van der Waals surface area contributed by atoms with Gasteiger partial charge in [0.2, 0.25) is 0 Å². The summed E-state index contributed by atoms with van der Waals surface area (Å²) in [6, 6.07) is 6.89. The zero-order valence-electron chi connectivity index (χ0n) is 12.5. The largest absolute Gasteiger partial charge is 0.391 e. The molecule has 0 aromatic heterocycles. The summed E-state index contributed by atoms with van der Waals surface area (Å²) in [4.78, 5) is 40.8. The number of hydrogen-bond donors (Lipinski definition) is 4. The predicted molar refractivity (Wildman–Crippen MR) is 83.3 cm³/mol. The Bertz CT molecular complexity index is 574. The first kappa shape index (κ1) is 19.5. The number of benzene rings is 1. The number of rotatable bonds is 8. The zero-order valence-corrected chi connectivity index (χ0v) is 13.4. The Morgan fingerprint density at radius 2 is 1.65 bits per heavy atom. The third-order valence-corrected chi connectivity index (χ3v) is 3.97. The minimum atomic E-state index is -4.13. The van der Waals surface area contributed by atoms with Crippen molar-refractivity contribution in [2.75, 3.05) is 6.16 Å². The van der Waals surface area contributed by atoms with Crippen LogP contribution in [-0.2, 0) is 25.3 Å². The summed E-state index contributed by atoms with van der Waals surface area (Å²) in [5, 5.41) is 0. The molecule has 23 heavy (non-hydrogen) atoms. The molecule has 1 aromatic carbocycles. The van der Waals surface area contributed by atoms with Crippen molar-refractivity contribution < 1.29 is 28.7 Å². The smallest absolute Gasteiger partial charge is 0.330 e. The van der Waals surface area contributed by atoms with Crippen molar-refractivity contribution in [1.29, 1.82) is 0 Å². The number of carbonyl (C=O) groups excluding carboxylic acids is 2. The number of nitrogens with two attached hydrogens (primary N) is 2. The van der Waals surface area contributed by atoms with Crippen molar-refractivity contribution in [2.45, 2.75) is 31.3 Å². The molecular weight excluding hydrogens is 323 g/mol. The number of esters is 2. The first-order valence-electron chi connectivity index (χ1n) is 7.04. The van der Waals surface area contributed by atoms with Crippen molar-refractivity contribution in [2.24, 2.45) is 11.5 Å². The van der Waals surface area contributed by atoms with Crippen LogP contribution in [0.2, 0.25) is 0 Å². The molecule has 1 rings (SSSR count). The van der Waals surface area contributed by atoms with Gasteiger partial charge in [-0.15, -0.1) is 0 Å². The van der Waals surface area contributed by atoms with Crippen LogP contribution in [0, 0.1) is 0 Å². The van der Waals surface area contributed by atoms with E-state index in [1.165, 1.54) is 0 Å². The van der Waals surface area contributed by atoms with E-state index in [1.807, 2.05) is 6.07 Å². The normalized spacial score (nSPS) is 14.1. The van der Waals surface area contributed by atoms with Gasteiger partial charge in [0.25, 0.3) is 0 Å². The first-order chi connectivity index (χ1) is 10.7. The summed E-state index contributed by atoms with van der Waals surface area (Å²) < 4.78 is 15.3. The second kappa shape index (κ2) is 8.90. The number of hydrogen-bond acceptors (Lipinski definition) is 6. The van der Waals surface area contributed by atoms with Crippen LogP contribution in [0.25, 0.3) is 0 Å². The summed E-state index contributed by atoms with van der Waals surface area (Å²) in [5.41, 5.74) is 12.0. The van der Waals surface area contributed by atoms with Gasteiger partial charge in [-0.2, -0.15) is 0 Å². The van der Waals surface area contributed by atoms with E-state index in [0.29, 0.717) is 0 Å². The van der Waals surface area contributed by atoms with E-state index in [1.54, 1.807) is 24.3 Å². The fourth-order valence-electron chi connectivity index (χ4n) is 1.84. The molecule has 128 valence electrons. The molecule has 0 aliphatic heterocycles. The van der Waals surface area contributed by atoms with E-state index in [9.17, 15) is 14.2 Å². The fourth-order valence-corrected chi connectivity index (χ4v) is 2.43. The Kier molecular flexibility index (Phi) is 7.54. The summed E-state index contributed by atoms with van der Waals surface area (Å²) in [6.07, 6.45) is -0.105. The summed E-state index contributed by atoms with van der Waals surface area (Å²) in [6.45, 7) is 0. The highest BCUT2D eigenvalue weighted by molar-refractivity contribution is 7.51. The van der Waals surface area contributed by atoms with E-state index >= 15 is 0 Å². The molecule has 0 spiro atoms. The second-order valence-corrected chi connectivity index (χ2v) is 6.95. The molecule has 0 saturated heterocycles. The van der Waals surface area contributed by atoms with Crippen molar-refractivity contribution in [3.05, 3.63) is 35.9 Å². The van der Waals surface area contributed by atoms with Crippen LogP contribution in [0.4, 0.5) is 0 Å². The molecule has 0 saturated carbocycles. The van der Waals surface area contributed by atoms with E-state index in [2.05, 4.69) is 4.74 Å². The quantitative estimate of drug-likeness (QED) is 0.290. The van der Waals surface area contributed by atoms with E-state index in [4.69, 9.17) is 21.3 Å². The molecule has 2 atom stereocenters. The maximum absolute atomic E-state index is 11.7. The van der Waals surface area contributed by atoms with Crippen LogP contribution in [0.15, 0.2) is 30.3 Å². The van der Waals surface area contributed by atoms with Crippen LogP contribution in [0.5, 0.6) is 0 Å². The van der Waals surface area contributed by atoms with Crippen molar-refractivity contribution in [3.63, 3.8) is 0 Å². The van der Waals surface area contributed by atoms with E-state index in [0.717, 1.165) is 5.56 Å². The highest BCUT2D eigenvalue weighted by atomic mass is 31.2. The van der Waals surface area contributed by atoms with Crippen molar-refractivity contribution >= 4 is 19.5 Å². The average molecular weight is 344 g/mol. The van der Waals surface area contributed by atoms with Crippen LogP contribution in [-0.4, -0.2) is 40.0 Å². The van der Waals surface area contributed by atoms with Crippen LogP contribution < -0.4 is 11.5 Å². The second-order valence-electron chi connectivity index (χ2n) is 5.17. The SMILES string of the molecule is NC(CCCP(=O)(O)O)C(=O)OC(=O)[C@@H](N)Cc1ccccc1. The molecule has 0 aliphatic rings. The van der Waals surface area contributed by atoms with Gasteiger partial charge in [0.1, 0.15) is 12.1 Å². The maximum Gasteiger partial charge on any atom is 0.330 e. The molecule has 0 radical (unpaired) electrons. The van der Waals surface area contributed by atoms with Gasteiger partial charge < -0.3 is 26.0 Å². The van der Waals surface area contributed by atoms with Crippen molar-refractivity contribution in [3.8, 4) is 0 Å². The standard InChI is InChI=1S/C14H21N2O6P/c15-11(7-4-8-23(19,20)21)13(17)22-14(18)12(16)9-10-5-2-1-3-6-10/h1-3,5-6,11-12H,4,7-9,15-16H2,(H2,19,20,21)/t11?,12-/m0/s1.